The molecule has 1 aliphatic carbocycles. The third kappa shape index (κ3) is 4.69. The molecule has 1 heterocycles. The van der Waals surface area contributed by atoms with E-state index in [0.717, 1.165) is 63.5 Å². The Hall–Kier alpha value is -1.63. The predicted octanol–water partition coefficient (Wildman–Crippen LogP) is 0.701. The maximum Gasteiger partial charge on any atom is 0.191 e. The molecule has 2 rings (SSSR count). The van der Waals surface area contributed by atoms with Gasteiger partial charge in [0.2, 0.25) is 0 Å². The molecule has 1 saturated carbocycles. The van der Waals surface area contributed by atoms with Gasteiger partial charge in [-0.15, -0.1) is 10.2 Å². The first-order chi connectivity index (χ1) is 10.7. The summed E-state index contributed by atoms with van der Waals surface area (Å²) in [6, 6.07) is 0. The van der Waals surface area contributed by atoms with Gasteiger partial charge in [0.15, 0.2) is 5.96 Å². The van der Waals surface area contributed by atoms with Crippen LogP contribution in [0.25, 0.3) is 0 Å². The van der Waals surface area contributed by atoms with Crippen molar-refractivity contribution in [3.05, 3.63) is 12.2 Å². The molecule has 1 aliphatic rings. The van der Waals surface area contributed by atoms with Crippen LogP contribution in [-0.2, 0) is 13.0 Å². The Bertz CT molecular complexity index is 478. The molecule has 0 atom stereocenters. The number of hydrogen-bond acceptors (Lipinski definition) is 4. The smallest absolute Gasteiger partial charge is 0.191 e. The molecule has 0 radical (unpaired) electrons. The quantitative estimate of drug-likeness (QED) is 0.510. The van der Waals surface area contributed by atoms with Crippen molar-refractivity contribution in [1.29, 1.82) is 0 Å². The predicted molar refractivity (Wildman–Crippen MR) is 86.8 cm³/mol. The second-order valence-electron chi connectivity index (χ2n) is 5.85. The number of guanidine groups is 1. The van der Waals surface area contributed by atoms with Gasteiger partial charge in [0.25, 0.3) is 0 Å². The van der Waals surface area contributed by atoms with Crippen molar-refractivity contribution in [3.63, 3.8) is 0 Å². The van der Waals surface area contributed by atoms with Gasteiger partial charge in [0.05, 0.1) is 12.1 Å². The average molecular weight is 308 g/mol. The lowest BCUT2D eigenvalue weighted by Gasteiger charge is -2.20. The molecule has 1 aromatic heterocycles. The van der Waals surface area contributed by atoms with Crippen LogP contribution in [0.4, 0.5) is 0 Å². The van der Waals surface area contributed by atoms with E-state index in [1.165, 1.54) is 0 Å². The molecule has 7 heteroatoms. The van der Waals surface area contributed by atoms with Crippen LogP contribution in [-0.4, -0.2) is 51.1 Å². The Morgan fingerprint density at radius 1 is 1.36 bits per heavy atom. The zero-order chi connectivity index (χ0) is 15.8. The molecule has 0 unspecified atom stereocenters. The van der Waals surface area contributed by atoms with Gasteiger partial charge >= 0.3 is 0 Å². The fourth-order valence-electron chi connectivity index (χ4n) is 2.79. The van der Waals surface area contributed by atoms with Crippen molar-refractivity contribution in [3.8, 4) is 0 Å². The number of nitrogens with zero attached hydrogens (tertiary/aromatic N) is 4. The minimum absolute atomic E-state index is 0.467. The van der Waals surface area contributed by atoms with E-state index < -0.39 is 5.60 Å². The highest BCUT2D eigenvalue weighted by atomic mass is 16.3. The van der Waals surface area contributed by atoms with Crippen molar-refractivity contribution in [1.82, 2.24) is 25.4 Å². The minimum atomic E-state index is -0.605. The molecule has 0 saturated heterocycles. The van der Waals surface area contributed by atoms with Crippen LogP contribution in [0.2, 0.25) is 0 Å². The van der Waals surface area contributed by atoms with Gasteiger partial charge in [0, 0.05) is 26.1 Å². The van der Waals surface area contributed by atoms with E-state index in [9.17, 15) is 5.11 Å². The lowest BCUT2D eigenvalue weighted by Crippen LogP contribution is -2.40. The van der Waals surface area contributed by atoms with Crippen molar-refractivity contribution in [2.75, 3.05) is 19.6 Å². The second-order valence-corrected chi connectivity index (χ2v) is 5.85. The normalized spacial score (nSPS) is 17.7. The van der Waals surface area contributed by atoms with Crippen LogP contribution < -0.4 is 10.6 Å². The highest BCUT2D eigenvalue weighted by Gasteiger charge is 2.30. The van der Waals surface area contributed by atoms with Crippen LogP contribution in [0.5, 0.6) is 0 Å². The number of hydrogen-bond donors (Lipinski definition) is 3. The van der Waals surface area contributed by atoms with Crippen LogP contribution in [0, 0.1) is 0 Å². The highest BCUT2D eigenvalue weighted by molar-refractivity contribution is 5.79. The Balaban J connectivity index is 1.83. The molecule has 1 fully saturated rings. The van der Waals surface area contributed by atoms with E-state index in [4.69, 9.17) is 0 Å². The molecule has 124 valence electrons. The van der Waals surface area contributed by atoms with E-state index >= 15 is 0 Å². The summed E-state index contributed by atoms with van der Waals surface area (Å²) in [4.78, 5) is 4.53. The number of rotatable bonds is 7. The summed E-state index contributed by atoms with van der Waals surface area (Å²) in [5.74, 6) is 1.75. The van der Waals surface area contributed by atoms with Crippen molar-refractivity contribution in [2.45, 2.75) is 58.1 Å². The highest BCUT2D eigenvalue weighted by Crippen LogP contribution is 2.29. The lowest BCUT2D eigenvalue weighted by molar-refractivity contribution is 0.0574. The minimum Gasteiger partial charge on any atom is -0.388 e. The van der Waals surface area contributed by atoms with Crippen LogP contribution >= 0.6 is 0 Å². The van der Waals surface area contributed by atoms with Crippen molar-refractivity contribution < 1.29 is 5.11 Å². The fourth-order valence-corrected chi connectivity index (χ4v) is 2.79. The van der Waals surface area contributed by atoms with Gasteiger partial charge in [-0.1, -0.05) is 19.8 Å². The lowest BCUT2D eigenvalue weighted by atomic mass is 10.0. The van der Waals surface area contributed by atoms with E-state index in [2.05, 4.69) is 32.7 Å². The maximum atomic E-state index is 10.4. The van der Waals surface area contributed by atoms with E-state index in [1.54, 1.807) is 6.33 Å². The molecule has 0 spiro atoms. The Morgan fingerprint density at radius 2 is 2.14 bits per heavy atom. The zero-order valence-electron chi connectivity index (χ0n) is 13.7. The summed E-state index contributed by atoms with van der Waals surface area (Å²) in [5, 5.41) is 24.9. The maximum absolute atomic E-state index is 10.4. The summed E-state index contributed by atoms with van der Waals surface area (Å²) in [6.07, 6.45) is 6.55. The first-order valence-electron chi connectivity index (χ1n) is 8.28. The molecular formula is C15H28N6O. The van der Waals surface area contributed by atoms with Crippen LogP contribution in [0.1, 0.15) is 45.4 Å². The van der Waals surface area contributed by atoms with Crippen LogP contribution in [0.3, 0.4) is 0 Å². The molecule has 0 aliphatic heterocycles. The van der Waals surface area contributed by atoms with E-state index in [1.807, 2.05) is 11.5 Å². The molecule has 7 nitrogen and oxygen atoms in total. The molecule has 3 N–H and O–H groups in total. The number of aryl methyl sites for hydroxylation is 1. The third-order valence-electron chi connectivity index (χ3n) is 4.07. The summed E-state index contributed by atoms with van der Waals surface area (Å²) >= 11 is 0. The average Bonchev–Trinajstić information content (AvgIpc) is 3.14. The van der Waals surface area contributed by atoms with Gasteiger partial charge in [0.1, 0.15) is 12.2 Å². The molecule has 22 heavy (non-hydrogen) atoms. The number of aromatic nitrogens is 3. The molecule has 0 amide bonds. The summed E-state index contributed by atoms with van der Waals surface area (Å²) in [7, 11) is 0. The Morgan fingerprint density at radius 3 is 2.82 bits per heavy atom. The van der Waals surface area contributed by atoms with Gasteiger partial charge in [-0.05, 0) is 19.8 Å². The van der Waals surface area contributed by atoms with Crippen molar-refractivity contribution >= 4 is 5.96 Å². The number of aliphatic hydroxyl groups is 1. The topological polar surface area (TPSA) is 87.4 Å². The van der Waals surface area contributed by atoms with Crippen LogP contribution in [0.15, 0.2) is 11.3 Å². The largest absolute Gasteiger partial charge is 0.388 e. The van der Waals surface area contributed by atoms with E-state index in [-0.39, 0.29) is 0 Å². The monoisotopic (exact) mass is 308 g/mol. The fraction of sp³-hybridized carbons (Fsp3) is 0.800. The summed E-state index contributed by atoms with van der Waals surface area (Å²) < 4.78 is 2.04. The number of aliphatic imine (C=N–C) groups is 1. The molecule has 1 aromatic rings. The van der Waals surface area contributed by atoms with E-state index in [0.29, 0.717) is 6.54 Å². The molecule has 0 aromatic carbocycles. The second kappa shape index (κ2) is 8.12. The zero-order valence-corrected chi connectivity index (χ0v) is 13.7. The van der Waals surface area contributed by atoms with Gasteiger partial charge in [-0.3, -0.25) is 4.99 Å². The summed E-state index contributed by atoms with van der Waals surface area (Å²) in [5.41, 5.74) is -0.605. The SMILES string of the molecule is CCNC(=NCC1(O)CCCC1)NCCn1cnnc1CC. The Kier molecular flexibility index (Phi) is 6.18. The first kappa shape index (κ1) is 16.7. The van der Waals surface area contributed by atoms with Gasteiger partial charge in [-0.2, -0.15) is 0 Å². The standard InChI is InChI=1S/C15H28N6O/c1-3-13-20-19-12-21(13)10-9-17-14(16-4-2)18-11-15(22)7-5-6-8-15/h12,22H,3-11H2,1-2H3,(H2,16,17,18). The van der Waals surface area contributed by atoms with Gasteiger partial charge < -0.3 is 20.3 Å². The third-order valence-corrected chi connectivity index (χ3v) is 4.07. The Labute approximate surface area is 132 Å². The van der Waals surface area contributed by atoms with Gasteiger partial charge in [-0.25, -0.2) is 0 Å². The first-order valence-corrected chi connectivity index (χ1v) is 8.28. The summed E-state index contributed by atoms with van der Waals surface area (Å²) in [6.45, 7) is 6.92. The van der Waals surface area contributed by atoms with Crippen molar-refractivity contribution in [2.24, 2.45) is 4.99 Å². The molecular weight excluding hydrogens is 280 g/mol. The number of nitrogens with one attached hydrogen (secondary N) is 2. The molecule has 0 bridgehead atoms.